The van der Waals surface area contributed by atoms with Crippen LogP contribution in [0.4, 0.5) is 0 Å². The molecule has 1 aromatic rings. The molecule has 0 spiro atoms. The summed E-state index contributed by atoms with van der Waals surface area (Å²) in [6, 6.07) is 1.74. The van der Waals surface area contributed by atoms with Crippen molar-refractivity contribution in [2.75, 3.05) is 26.6 Å². The number of hydrogen-bond acceptors (Lipinski definition) is 5. The highest BCUT2D eigenvalue weighted by Gasteiger charge is 2.11. The van der Waals surface area contributed by atoms with Crippen LogP contribution in [0.25, 0.3) is 0 Å². The fourth-order valence-corrected chi connectivity index (χ4v) is 2.28. The summed E-state index contributed by atoms with van der Waals surface area (Å²) < 4.78 is 33.0. The van der Waals surface area contributed by atoms with E-state index in [1.165, 1.54) is 6.26 Å². The lowest BCUT2D eigenvalue weighted by Gasteiger charge is -2.11. The zero-order valence-corrected chi connectivity index (χ0v) is 11.8. The monoisotopic (exact) mass is 273 g/mol. The molecule has 0 aromatic carbocycles. The topological polar surface area (TPSA) is 65.5 Å². The van der Waals surface area contributed by atoms with Crippen LogP contribution in [0.2, 0.25) is 0 Å². The van der Waals surface area contributed by atoms with Crippen LogP contribution in [0.15, 0.2) is 12.3 Å². The summed E-state index contributed by atoms with van der Waals surface area (Å²) in [5, 5.41) is 0. The standard InChI is InChI=1S/C12H19NO4S/c1-10-11(9-18(3,14)15)13-6-5-12(10)17-8-4-7-16-2/h5-6H,4,7-9H2,1-3H3. The van der Waals surface area contributed by atoms with E-state index in [4.69, 9.17) is 9.47 Å². The van der Waals surface area contributed by atoms with Gasteiger partial charge in [-0.15, -0.1) is 0 Å². The minimum atomic E-state index is -3.08. The minimum Gasteiger partial charge on any atom is -0.493 e. The normalized spacial score (nSPS) is 11.5. The van der Waals surface area contributed by atoms with E-state index in [-0.39, 0.29) is 5.75 Å². The first kappa shape index (κ1) is 14.9. The average molecular weight is 273 g/mol. The van der Waals surface area contributed by atoms with E-state index in [0.29, 0.717) is 24.7 Å². The molecule has 6 heteroatoms. The third kappa shape index (κ3) is 5.01. The van der Waals surface area contributed by atoms with Crippen molar-refractivity contribution in [2.45, 2.75) is 19.1 Å². The zero-order valence-electron chi connectivity index (χ0n) is 11.0. The van der Waals surface area contributed by atoms with E-state index in [0.717, 1.165) is 12.0 Å². The Morgan fingerprint density at radius 1 is 1.33 bits per heavy atom. The highest BCUT2D eigenvalue weighted by molar-refractivity contribution is 7.89. The minimum absolute atomic E-state index is 0.0614. The molecule has 0 atom stereocenters. The maximum absolute atomic E-state index is 11.3. The number of nitrogens with zero attached hydrogens (tertiary/aromatic N) is 1. The third-order valence-electron chi connectivity index (χ3n) is 2.41. The fraction of sp³-hybridized carbons (Fsp3) is 0.583. The van der Waals surface area contributed by atoms with Gasteiger partial charge in [0, 0.05) is 38.2 Å². The Balaban J connectivity index is 2.72. The van der Waals surface area contributed by atoms with Gasteiger partial charge in [-0.1, -0.05) is 0 Å². The second-order valence-corrected chi connectivity index (χ2v) is 6.29. The van der Waals surface area contributed by atoms with Crippen LogP contribution < -0.4 is 4.74 Å². The van der Waals surface area contributed by atoms with Crippen molar-refractivity contribution in [1.82, 2.24) is 4.98 Å². The van der Waals surface area contributed by atoms with Gasteiger partial charge in [-0.3, -0.25) is 4.98 Å². The molecule has 5 nitrogen and oxygen atoms in total. The van der Waals surface area contributed by atoms with Crippen LogP contribution in [-0.2, 0) is 20.3 Å². The summed E-state index contributed by atoms with van der Waals surface area (Å²) in [5.74, 6) is 0.619. The van der Waals surface area contributed by atoms with Gasteiger partial charge >= 0.3 is 0 Å². The number of sulfone groups is 1. The van der Waals surface area contributed by atoms with E-state index in [1.807, 2.05) is 6.92 Å². The molecule has 0 aliphatic carbocycles. The van der Waals surface area contributed by atoms with Gasteiger partial charge in [0.1, 0.15) is 5.75 Å². The number of rotatable bonds is 7. The number of pyridine rings is 1. The third-order valence-corrected chi connectivity index (χ3v) is 3.21. The van der Waals surface area contributed by atoms with Gasteiger partial charge in [0.15, 0.2) is 9.84 Å². The Bertz CT molecular complexity index is 485. The summed E-state index contributed by atoms with van der Waals surface area (Å²) in [4.78, 5) is 4.08. The van der Waals surface area contributed by atoms with Gasteiger partial charge in [-0.05, 0) is 13.0 Å². The van der Waals surface area contributed by atoms with Crippen LogP contribution in [0.1, 0.15) is 17.7 Å². The lowest BCUT2D eigenvalue weighted by atomic mass is 10.2. The van der Waals surface area contributed by atoms with E-state index in [2.05, 4.69) is 4.98 Å². The summed E-state index contributed by atoms with van der Waals surface area (Å²) in [6.45, 7) is 3.00. The molecule has 0 radical (unpaired) electrons. The molecular formula is C12H19NO4S. The predicted octanol–water partition coefficient (Wildman–Crippen LogP) is 1.35. The Kier molecular flexibility index (Phi) is 5.55. The highest BCUT2D eigenvalue weighted by Crippen LogP contribution is 2.20. The second kappa shape index (κ2) is 6.70. The molecule has 18 heavy (non-hydrogen) atoms. The van der Waals surface area contributed by atoms with Crippen molar-refractivity contribution in [1.29, 1.82) is 0 Å². The van der Waals surface area contributed by atoms with Crippen molar-refractivity contribution in [3.05, 3.63) is 23.5 Å². The molecular weight excluding hydrogens is 254 g/mol. The molecule has 0 N–H and O–H groups in total. The summed E-state index contributed by atoms with van der Waals surface area (Å²) in [6.07, 6.45) is 3.55. The molecule has 0 bridgehead atoms. The van der Waals surface area contributed by atoms with Crippen LogP contribution in [0.3, 0.4) is 0 Å². The van der Waals surface area contributed by atoms with Crippen LogP contribution >= 0.6 is 0 Å². The summed E-state index contributed by atoms with van der Waals surface area (Å²) in [7, 11) is -1.44. The molecule has 1 heterocycles. The Hall–Kier alpha value is -1.14. The van der Waals surface area contributed by atoms with Crippen molar-refractivity contribution in [3.8, 4) is 5.75 Å². The van der Waals surface area contributed by atoms with Gasteiger partial charge in [0.05, 0.1) is 18.1 Å². The summed E-state index contributed by atoms with van der Waals surface area (Å²) >= 11 is 0. The van der Waals surface area contributed by atoms with Gasteiger partial charge < -0.3 is 9.47 Å². The van der Waals surface area contributed by atoms with E-state index in [9.17, 15) is 8.42 Å². The number of aromatic nitrogens is 1. The van der Waals surface area contributed by atoms with Crippen molar-refractivity contribution < 1.29 is 17.9 Å². The first-order chi connectivity index (χ1) is 8.44. The predicted molar refractivity (Wildman–Crippen MR) is 69.5 cm³/mol. The summed E-state index contributed by atoms with van der Waals surface area (Å²) in [5.41, 5.74) is 1.32. The molecule has 1 aromatic heterocycles. The molecule has 0 fully saturated rings. The maximum Gasteiger partial charge on any atom is 0.153 e. The maximum atomic E-state index is 11.3. The first-order valence-electron chi connectivity index (χ1n) is 5.68. The van der Waals surface area contributed by atoms with Gasteiger partial charge in [-0.25, -0.2) is 8.42 Å². The molecule has 0 saturated carbocycles. The van der Waals surface area contributed by atoms with Crippen molar-refractivity contribution >= 4 is 9.84 Å². The first-order valence-corrected chi connectivity index (χ1v) is 7.74. The van der Waals surface area contributed by atoms with E-state index < -0.39 is 9.84 Å². The average Bonchev–Trinajstić information content (AvgIpc) is 2.27. The molecule has 0 aliphatic heterocycles. The van der Waals surface area contributed by atoms with Gasteiger partial charge in [-0.2, -0.15) is 0 Å². The lowest BCUT2D eigenvalue weighted by Crippen LogP contribution is -2.07. The molecule has 1 rings (SSSR count). The molecule has 0 saturated heterocycles. The molecule has 0 amide bonds. The van der Waals surface area contributed by atoms with Crippen LogP contribution in [-0.4, -0.2) is 40.0 Å². The van der Waals surface area contributed by atoms with Gasteiger partial charge in [0.25, 0.3) is 0 Å². The Morgan fingerprint density at radius 3 is 2.67 bits per heavy atom. The molecule has 0 aliphatic rings. The van der Waals surface area contributed by atoms with Crippen molar-refractivity contribution in [3.63, 3.8) is 0 Å². The quantitative estimate of drug-likeness (QED) is 0.702. The van der Waals surface area contributed by atoms with Gasteiger partial charge in [0.2, 0.25) is 0 Å². The number of ether oxygens (including phenoxy) is 2. The van der Waals surface area contributed by atoms with E-state index >= 15 is 0 Å². The zero-order chi connectivity index (χ0) is 13.6. The smallest absolute Gasteiger partial charge is 0.153 e. The molecule has 102 valence electrons. The fourth-order valence-electron chi connectivity index (χ4n) is 1.49. The van der Waals surface area contributed by atoms with E-state index in [1.54, 1.807) is 19.4 Å². The molecule has 0 unspecified atom stereocenters. The largest absolute Gasteiger partial charge is 0.493 e. The van der Waals surface area contributed by atoms with Crippen LogP contribution in [0.5, 0.6) is 5.75 Å². The SMILES string of the molecule is COCCCOc1ccnc(CS(C)(=O)=O)c1C. The highest BCUT2D eigenvalue weighted by atomic mass is 32.2. The number of hydrogen-bond donors (Lipinski definition) is 0. The number of methoxy groups -OCH3 is 1. The Morgan fingerprint density at radius 2 is 2.06 bits per heavy atom. The van der Waals surface area contributed by atoms with Crippen molar-refractivity contribution in [2.24, 2.45) is 0 Å². The van der Waals surface area contributed by atoms with Crippen LogP contribution in [0, 0.1) is 6.92 Å². The second-order valence-electron chi connectivity index (χ2n) is 4.15. The Labute approximate surface area is 108 Å². The lowest BCUT2D eigenvalue weighted by molar-refractivity contribution is 0.172.